The summed E-state index contributed by atoms with van der Waals surface area (Å²) in [6.07, 6.45) is 0.696. The number of carbonyl (C=O) groups is 2. The fraction of sp³-hybridized carbons (Fsp3) is 0.481. The van der Waals surface area contributed by atoms with Gasteiger partial charge in [-0.3, -0.25) is 9.59 Å². The largest absolute Gasteiger partial charge is 0.868 e. The Morgan fingerprint density at radius 1 is 1.11 bits per heavy atom. The third kappa shape index (κ3) is 5.42. The normalized spacial score (nSPS) is 18.7. The topological polar surface area (TPSA) is 106 Å². The maximum Gasteiger partial charge on any atom is 0.239 e. The van der Waals surface area contributed by atoms with Crippen LogP contribution < -0.4 is 19.5 Å². The van der Waals surface area contributed by atoms with E-state index in [-0.39, 0.29) is 11.3 Å². The van der Waals surface area contributed by atoms with E-state index < -0.39 is 23.5 Å². The number of ether oxygens (including phenoxy) is 3. The lowest BCUT2D eigenvalue weighted by Crippen LogP contribution is -3.14. The van der Waals surface area contributed by atoms with Crippen molar-refractivity contribution < 1.29 is 38.2 Å². The van der Waals surface area contributed by atoms with Gasteiger partial charge < -0.3 is 33.5 Å². The van der Waals surface area contributed by atoms with Crippen molar-refractivity contribution in [3.05, 3.63) is 58.7 Å². The van der Waals surface area contributed by atoms with Crippen molar-refractivity contribution in [2.75, 3.05) is 52.6 Å². The first-order valence-corrected chi connectivity index (χ1v) is 12.6. The summed E-state index contributed by atoms with van der Waals surface area (Å²) in [6.45, 7) is 10.8. The van der Waals surface area contributed by atoms with Crippen LogP contribution in [0.4, 0.5) is 0 Å². The summed E-state index contributed by atoms with van der Waals surface area (Å²) in [6, 6.07) is 7.66. The summed E-state index contributed by atoms with van der Waals surface area (Å²) in [5, 5.41) is 13.2. The Labute approximate surface area is 211 Å². The van der Waals surface area contributed by atoms with Gasteiger partial charge in [-0.25, -0.2) is 0 Å². The van der Waals surface area contributed by atoms with Gasteiger partial charge in [0.15, 0.2) is 17.3 Å². The van der Waals surface area contributed by atoms with Gasteiger partial charge in [0.1, 0.15) is 18.8 Å². The number of Topliss-reactive ketones (excluding diaryl/α,β-unsaturated/α-hetero) is 1. The molecular weight excluding hydrogens is 464 g/mol. The maximum atomic E-state index is 13.4. The Hall–Kier alpha value is -3.30. The summed E-state index contributed by atoms with van der Waals surface area (Å²) in [5.74, 6) is -0.362. The highest BCUT2D eigenvalue weighted by atomic mass is 16.5. The number of furan rings is 1. The predicted molar refractivity (Wildman–Crippen MR) is 129 cm³/mol. The van der Waals surface area contributed by atoms with Crippen molar-refractivity contribution in [1.29, 1.82) is 0 Å². The molecule has 4 rings (SSSR count). The molecule has 194 valence electrons. The van der Waals surface area contributed by atoms with Crippen LogP contribution in [-0.4, -0.2) is 69.2 Å². The summed E-state index contributed by atoms with van der Waals surface area (Å²) < 4.78 is 22.4. The smallest absolute Gasteiger partial charge is 0.239 e. The van der Waals surface area contributed by atoms with Crippen LogP contribution in [0.1, 0.15) is 48.2 Å². The van der Waals surface area contributed by atoms with Crippen molar-refractivity contribution in [2.24, 2.45) is 0 Å². The van der Waals surface area contributed by atoms with Crippen molar-refractivity contribution in [3.63, 3.8) is 0 Å². The Morgan fingerprint density at radius 2 is 1.83 bits per heavy atom. The van der Waals surface area contributed by atoms with Gasteiger partial charge in [-0.1, -0.05) is 6.07 Å². The summed E-state index contributed by atoms with van der Waals surface area (Å²) in [4.78, 5) is 29.5. The van der Waals surface area contributed by atoms with Crippen LogP contribution in [0.15, 0.2) is 46.1 Å². The molecular formula is C27H34N2O7. The van der Waals surface area contributed by atoms with Crippen molar-refractivity contribution in [3.8, 4) is 11.5 Å². The molecule has 2 aromatic rings. The molecule has 36 heavy (non-hydrogen) atoms. The first-order valence-electron chi connectivity index (χ1n) is 12.6. The first kappa shape index (κ1) is 25.8. The molecule has 2 aliphatic rings. The fourth-order valence-corrected chi connectivity index (χ4v) is 4.78. The van der Waals surface area contributed by atoms with E-state index in [0.29, 0.717) is 49.0 Å². The Bertz CT molecular complexity index is 1120. The molecule has 1 saturated heterocycles. The van der Waals surface area contributed by atoms with Crippen LogP contribution in [0.5, 0.6) is 11.5 Å². The molecule has 0 spiro atoms. The molecule has 0 radical (unpaired) electrons. The third-order valence-electron chi connectivity index (χ3n) is 6.51. The second-order valence-electron chi connectivity index (χ2n) is 8.92. The monoisotopic (exact) mass is 498 g/mol. The molecule has 1 aromatic heterocycles. The molecule has 1 amide bonds. The minimum atomic E-state index is -0.836. The number of aryl methyl sites for hydroxylation is 1. The minimum Gasteiger partial charge on any atom is -0.868 e. The number of hydrogen-bond acceptors (Lipinski definition) is 7. The van der Waals surface area contributed by atoms with Crippen molar-refractivity contribution >= 4 is 11.7 Å². The zero-order chi connectivity index (χ0) is 25.7. The number of amides is 1. The lowest BCUT2D eigenvalue weighted by Gasteiger charge is -2.29. The average Bonchev–Trinajstić information content (AvgIpc) is 3.42. The van der Waals surface area contributed by atoms with Crippen LogP contribution >= 0.6 is 0 Å². The number of quaternary nitrogens is 1. The molecule has 0 aliphatic carbocycles. The summed E-state index contributed by atoms with van der Waals surface area (Å²) in [5.41, 5.74) is 0.520. The molecule has 1 unspecified atom stereocenters. The molecule has 9 nitrogen and oxygen atoms in total. The molecule has 1 aromatic carbocycles. The predicted octanol–water partition coefficient (Wildman–Crippen LogP) is 1.07. The van der Waals surface area contributed by atoms with Crippen molar-refractivity contribution in [1.82, 2.24) is 4.90 Å². The number of ketones is 1. The fourth-order valence-electron chi connectivity index (χ4n) is 4.78. The number of rotatable bonds is 11. The van der Waals surface area contributed by atoms with Gasteiger partial charge in [0.25, 0.3) is 0 Å². The number of nitrogens with zero attached hydrogens (tertiary/aromatic N) is 1. The molecule has 3 heterocycles. The van der Waals surface area contributed by atoms with E-state index in [1.54, 1.807) is 31.2 Å². The van der Waals surface area contributed by atoms with Gasteiger partial charge in [0.05, 0.1) is 39.0 Å². The second kappa shape index (κ2) is 11.6. The van der Waals surface area contributed by atoms with E-state index in [1.807, 2.05) is 13.8 Å². The van der Waals surface area contributed by atoms with Gasteiger partial charge in [-0.15, -0.1) is 0 Å². The van der Waals surface area contributed by atoms with E-state index in [0.717, 1.165) is 32.8 Å². The van der Waals surface area contributed by atoms with E-state index in [9.17, 15) is 14.7 Å². The van der Waals surface area contributed by atoms with Gasteiger partial charge in [0, 0.05) is 18.5 Å². The second-order valence-corrected chi connectivity index (χ2v) is 8.92. The number of nitrogens with one attached hydrogen (secondary N) is 1. The number of carbonyl (C=O) groups excluding carboxylic acids is 2. The van der Waals surface area contributed by atoms with E-state index in [2.05, 4.69) is 0 Å². The van der Waals surface area contributed by atoms with Crippen LogP contribution in [0.3, 0.4) is 0 Å². The van der Waals surface area contributed by atoms with Gasteiger partial charge >= 0.3 is 0 Å². The highest BCUT2D eigenvalue weighted by molar-refractivity contribution is 6.14. The quantitative estimate of drug-likeness (QED) is 0.462. The van der Waals surface area contributed by atoms with Gasteiger partial charge in [-0.05, 0) is 56.4 Å². The van der Waals surface area contributed by atoms with E-state index in [4.69, 9.17) is 18.6 Å². The number of morpholine rings is 1. The molecule has 1 fully saturated rings. The molecule has 2 aliphatic heterocycles. The van der Waals surface area contributed by atoms with Crippen LogP contribution in [0.2, 0.25) is 0 Å². The highest BCUT2D eigenvalue weighted by Gasteiger charge is 2.40. The van der Waals surface area contributed by atoms with Crippen LogP contribution in [0.25, 0.3) is 0 Å². The molecule has 0 bridgehead atoms. The average molecular weight is 499 g/mol. The Morgan fingerprint density at radius 3 is 2.50 bits per heavy atom. The zero-order valence-corrected chi connectivity index (χ0v) is 21.1. The molecule has 0 saturated carbocycles. The highest BCUT2D eigenvalue weighted by Crippen LogP contribution is 2.41. The Kier molecular flexibility index (Phi) is 8.32. The molecule has 1 atom stereocenters. The summed E-state index contributed by atoms with van der Waals surface area (Å²) >= 11 is 0. The minimum absolute atomic E-state index is 0.0456. The standard InChI is InChI=1S/C27H34N2O7/c1-4-34-20-10-8-19(17-22(20)35-5-2)24-23(25(30)21-9-7-18(3)36-21)26(31)27(32)29(24)12-6-11-28-13-15-33-16-14-28/h7-10,17,24,31H,4-6,11-16H2,1-3H3. The third-order valence-corrected chi connectivity index (χ3v) is 6.51. The lowest BCUT2D eigenvalue weighted by atomic mass is 9.94. The Balaban J connectivity index is 1.67. The first-order chi connectivity index (χ1) is 17.4. The number of hydrogen-bond donors (Lipinski definition) is 1. The zero-order valence-electron chi connectivity index (χ0n) is 21.1. The lowest BCUT2D eigenvalue weighted by molar-refractivity contribution is -0.908. The van der Waals surface area contributed by atoms with Crippen LogP contribution in [-0.2, 0) is 9.53 Å². The van der Waals surface area contributed by atoms with Crippen molar-refractivity contribution in [2.45, 2.75) is 33.2 Å². The van der Waals surface area contributed by atoms with E-state index in [1.165, 1.54) is 15.9 Å². The van der Waals surface area contributed by atoms with Gasteiger partial charge in [-0.2, -0.15) is 0 Å². The maximum absolute atomic E-state index is 13.4. The molecule has 9 heteroatoms. The molecule has 1 N–H and O–H groups in total. The van der Waals surface area contributed by atoms with Gasteiger partial charge in [0.2, 0.25) is 11.7 Å². The van der Waals surface area contributed by atoms with Crippen LogP contribution in [0, 0.1) is 6.92 Å². The summed E-state index contributed by atoms with van der Waals surface area (Å²) in [7, 11) is 0. The van der Waals surface area contributed by atoms with E-state index >= 15 is 0 Å². The number of benzene rings is 1. The SMILES string of the molecule is CCOc1ccc(C2C(C(=O)c3ccc(C)o3)=C([O-])C(=O)N2CCC[NH+]2CCOCC2)cc1OCC.